The van der Waals surface area contributed by atoms with Crippen LogP contribution in [0.25, 0.3) is 0 Å². The van der Waals surface area contributed by atoms with Gasteiger partial charge in [0, 0.05) is 39.3 Å². The van der Waals surface area contributed by atoms with E-state index in [-0.39, 0.29) is 12.4 Å². The van der Waals surface area contributed by atoms with E-state index in [4.69, 9.17) is 10.5 Å². The predicted octanol–water partition coefficient (Wildman–Crippen LogP) is -0.711. The Balaban J connectivity index is 0.00000144. The van der Waals surface area contributed by atoms with Crippen LogP contribution in [0.2, 0.25) is 0 Å². The fourth-order valence-corrected chi connectivity index (χ4v) is 1.29. The molecule has 1 aliphatic heterocycles. The molecule has 13 heavy (non-hydrogen) atoms. The van der Waals surface area contributed by atoms with Crippen LogP contribution in [-0.2, 0) is 4.74 Å². The van der Waals surface area contributed by atoms with Crippen molar-refractivity contribution in [2.24, 2.45) is 5.73 Å². The third-order valence-corrected chi connectivity index (χ3v) is 2.03. The minimum absolute atomic E-state index is 0. The third kappa shape index (κ3) is 6.23. The van der Waals surface area contributed by atoms with Gasteiger partial charge in [-0.1, -0.05) is 0 Å². The summed E-state index contributed by atoms with van der Waals surface area (Å²) in [7, 11) is 0. The lowest BCUT2D eigenvalue weighted by Crippen LogP contribution is -2.40. The second-order valence-electron chi connectivity index (χ2n) is 2.99. The van der Waals surface area contributed by atoms with Crippen molar-refractivity contribution in [3.05, 3.63) is 0 Å². The molecule has 0 atom stereocenters. The normalized spacial score (nSPS) is 18.2. The van der Waals surface area contributed by atoms with Crippen LogP contribution in [-0.4, -0.2) is 57.4 Å². The summed E-state index contributed by atoms with van der Waals surface area (Å²) in [5.41, 5.74) is 5.35. The van der Waals surface area contributed by atoms with Crippen LogP contribution in [0, 0.1) is 0 Å². The zero-order chi connectivity index (χ0) is 8.65. The SMILES string of the molecule is Cl.NCCNCCN1CCOCC1. The number of morpholine rings is 1. The van der Waals surface area contributed by atoms with Crippen molar-refractivity contribution < 1.29 is 4.74 Å². The summed E-state index contributed by atoms with van der Waals surface area (Å²) in [6.45, 7) is 7.72. The van der Waals surface area contributed by atoms with Gasteiger partial charge in [-0.05, 0) is 0 Å². The van der Waals surface area contributed by atoms with Crippen molar-refractivity contribution in [1.82, 2.24) is 10.2 Å². The standard InChI is InChI=1S/C8H19N3O.ClH/c9-1-2-10-3-4-11-5-7-12-8-6-11;/h10H,1-9H2;1H. The molecule has 0 radical (unpaired) electrons. The van der Waals surface area contributed by atoms with E-state index in [0.29, 0.717) is 0 Å². The van der Waals surface area contributed by atoms with E-state index in [9.17, 15) is 0 Å². The number of nitrogens with zero attached hydrogens (tertiary/aromatic N) is 1. The third-order valence-electron chi connectivity index (χ3n) is 2.03. The predicted molar refractivity (Wildman–Crippen MR) is 56.4 cm³/mol. The molecule has 0 unspecified atom stereocenters. The molecule has 0 bridgehead atoms. The lowest BCUT2D eigenvalue weighted by Gasteiger charge is -2.26. The van der Waals surface area contributed by atoms with Crippen molar-refractivity contribution >= 4 is 12.4 Å². The number of hydrogen-bond acceptors (Lipinski definition) is 4. The van der Waals surface area contributed by atoms with Gasteiger partial charge in [-0.2, -0.15) is 0 Å². The number of halogens is 1. The van der Waals surface area contributed by atoms with E-state index in [0.717, 1.165) is 52.5 Å². The molecule has 0 aliphatic carbocycles. The maximum absolute atomic E-state index is 5.35. The molecule has 1 rings (SSSR count). The fraction of sp³-hybridized carbons (Fsp3) is 1.00. The molecule has 1 heterocycles. The topological polar surface area (TPSA) is 50.5 Å². The first kappa shape index (κ1) is 13.1. The van der Waals surface area contributed by atoms with Crippen LogP contribution in [0.4, 0.5) is 0 Å². The first-order chi connectivity index (χ1) is 5.93. The molecule has 4 nitrogen and oxygen atoms in total. The first-order valence-electron chi connectivity index (χ1n) is 4.64. The summed E-state index contributed by atoms with van der Waals surface area (Å²) in [6, 6.07) is 0. The Morgan fingerprint density at radius 1 is 1.23 bits per heavy atom. The van der Waals surface area contributed by atoms with Crippen LogP contribution < -0.4 is 11.1 Å². The number of hydrogen-bond donors (Lipinski definition) is 2. The highest BCUT2D eigenvalue weighted by Gasteiger charge is 2.08. The maximum Gasteiger partial charge on any atom is 0.0594 e. The molecule has 0 saturated carbocycles. The highest BCUT2D eigenvalue weighted by molar-refractivity contribution is 5.85. The van der Waals surface area contributed by atoms with Crippen LogP contribution in [0.1, 0.15) is 0 Å². The lowest BCUT2D eigenvalue weighted by molar-refractivity contribution is 0.0385. The van der Waals surface area contributed by atoms with Crippen molar-refractivity contribution in [3.63, 3.8) is 0 Å². The average molecular weight is 210 g/mol. The smallest absolute Gasteiger partial charge is 0.0594 e. The average Bonchev–Trinajstić information content (AvgIpc) is 2.14. The number of nitrogens with two attached hydrogens (primary N) is 1. The Morgan fingerprint density at radius 2 is 1.92 bits per heavy atom. The van der Waals surface area contributed by atoms with Crippen LogP contribution >= 0.6 is 12.4 Å². The lowest BCUT2D eigenvalue weighted by atomic mass is 10.4. The molecule has 0 amide bonds. The Labute approximate surface area is 86.2 Å². The van der Waals surface area contributed by atoms with Crippen LogP contribution in [0.3, 0.4) is 0 Å². The quantitative estimate of drug-likeness (QED) is 0.588. The summed E-state index contributed by atoms with van der Waals surface area (Å²) in [5.74, 6) is 0. The Morgan fingerprint density at radius 3 is 2.54 bits per heavy atom. The van der Waals surface area contributed by atoms with Gasteiger partial charge >= 0.3 is 0 Å². The number of ether oxygens (including phenoxy) is 1. The monoisotopic (exact) mass is 209 g/mol. The zero-order valence-electron chi connectivity index (χ0n) is 8.00. The van der Waals surface area contributed by atoms with Gasteiger partial charge in [0.25, 0.3) is 0 Å². The van der Waals surface area contributed by atoms with E-state index in [1.54, 1.807) is 0 Å². The van der Waals surface area contributed by atoms with Crippen LogP contribution in [0.15, 0.2) is 0 Å². The van der Waals surface area contributed by atoms with Gasteiger partial charge in [-0.15, -0.1) is 12.4 Å². The largest absolute Gasteiger partial charge is 0.379 e. The molecular formula is C8H20ClN3O. The Kier molecular flexibility index (Phi) is 8.80. The summed E-state index contributed by atoms with van der Waals surface area (Å²) < 4.78 is 5.25. The van der Waals surface area contributed by atoms with Gasteiger partial charge in [0.2, 0.25) is 0 Å². The molecule has 1 saturated heterocycles. The molecule has 3 N–H and O–H groups in total. The Bertz CT molecular complexity index is 110. The molecule has 0 aromatic rings. The molecule has 0 spiro atoms. The molecule has 1 aliphatic rings. The van der Waals surface area contributed by atoms with E-state index in [2.05, 4.69) is 10.2 Å². The van der Waals surface area contributed by atoms with Gasteiger partial charge in [0.1, 0.15) is 0 Å². The van der Waals surface area contributed by atoms with Gasteiger partial charge in [-0.3, -0.25) is 4.90 Å². The fourth-order valence-electron chi connectivity index (χ4n) is 1.29. The Hall–Kier alpha value is 0.130. The summed E-state index contributed by atoms with van der Waals surface area (Å²) in [5, 5.41) is 3.27. The molecular weight excluding hydrogens is 190 g/mol. The summed E-state index contributed by atoms with van der Waals surface area (Å²) in [6.07, 6.45) is 0. The molecule has 5 heteroatoms. The van der Waals surface area contributed by atoms with Gasteiger partial charge in [0.05, 0.1) is 13.2 Å². The van der Waals surface area contributed by atoms with Crippen molar-refractivity contribution in [2.45, 2.75) is 0 Å². The van der Waals surface area contributed by atoms with Crippen molar-refractivity contribution in [1.29, 1.82) is 0 Å². The second-order valence-corrected chi connectivity index (χ2v) is 2.99. The number of nitrogens with one attached hydrogen (secondary N) is 1. The zero-order valence-corrected chi connectivity index (χ0v) is 8.81. The van der Waals surface area contributed by atoms with Gasteiger partial charge in [-0.25, -0.2) is 0 Å². The molecule has 0 aromatic carbocycles. The van der Waals surface area contributed by atoms with E-state index in [1.165, 1.54) is 0 Å². The highest BCUT2D eigenvalue weighted by atomic mass is 35.5. The van der Waals surface area contributed by atoms with Gasteiger partial charge in [0.15, 0.2) is 0 Å². The van der Waals surface area contributed by atoms with E-state index >= 15 is 0 Å². The molecule has 80 valence electrons. The van der Waals surface area contributed by atoms with E-state index in [1.807, 2.05) is 0 Å². The van der Waals surface area contributed by atoms with Crippen molar-refractivity contribution in [2.75, 3.05) is 52.5 Å². The van der Waals surface area contributed by atoms with Crippen molar-refractivity contribution in [3.8, 4) is 0 Å². The van der Waals surface area contributed by atoms with E-state index < -0.39 is 0 Å². The summed E-state index contributed by atoms with van der Waals surface area (Å²) >= 11 is 0. The molecule has 1 fully saturated rings. The number of rotatable bonds is 5. The molecule has 0 aromatic heterocycles. The maximum atomic E-state index is 5.35. The first-order valence-corrected chi connectivity index (χ1v) is 4.64. The highest BCUT2D eigenvalue weighted by Crippen LogP contribution is 1.94. The van der Waals surface area contributed by atoms with Gasteiger partial charge < -0.3 is 15.8 Å². The minimum atomic E-state index is 0. The second kappa shape index (κ2) is 8.72. The summed E-state index contributed by atoms with van der Waals surface area (Å²) in [4.78, 5) is 2.41. The minimum Gasteiger partial charge on any atom is -0.379 e. The van der Waals surface area contributed by atoms with Crippen LogP contribution in [0.5, 0.6) is 0 Å².